The standard InChI is InChI=1S/C23H35N3O3/c1-14(22(29)25-13-17-6-5-11-24-12-17)18-7-9-23(4)10-8-19(26-16(3)27)15(2)20(23)21(18)28/h5-6,11-12,14-15,18-21,28H,7-10,13H2,1-4H3,(H,25,29)(H,26,27)/t14-,15+,18-,19-,20+,21-,23-/m0/s1. The third kappa shape index (κ3) is 4.63. The van der Waals surface area contributed by atoms with Gasteiger partial charge >= 0.3 is 0 Å². The largest absolute Gasteiger partial charge is 0.392 e. The fourth-order valence-corrected chi connectivity index (χ4v) is 5.81. The van der Waals surface area contributed by atoms with E-state index in [0.29, 0.717) is 6.54 Å². The van der Waals surface area contributed by atoms with E-state index in [-0.39, 0.29) is 46.9 Å². The molecule has 0 unspecified atom stereocenters. The van der Waals surface area contributed by atoms with E-state index < -0.39 is 6.10 Å². The van der Waals surface area contributed by atoms with E-state index in [9.17, 15) is 14.7 Å². The number of hydrogen-bond donors (Lipinski definition) is 3. The molecule has 2 aliphatic carbocycles. The van der Waals surface area contributed by atoms with Gasteiger partial charge in [-0.3, -0.25) is 14.6 Å². The van der Waals surface area contributed by atoms with Crippen molar-refractivity contribution in [3.8, 4) is 0 Å². The molecule has 7 atom stereocenters. The number of aliphatic hydroxyl groups is 1. The van der Waals surface area contributed by atoms with Crippen LogP contribution in [0.25, 0.3) is 0 Å². The van der Waals surface area contributed by atoms with Gasteiger partial charge in [0.15, 0.2) is 0 Å². The summed E-state index contributed by atoms with van der Waals surface area (Å²) in [4.78, 5) is 28.5. The SMILES string of the molecule is CC(=O)N[C@H]1CC[C@]2(C)CC[C@@H]([C@H](C)C(=O)NCc3cccnc3)[C@H](O)[C@H]2[C@@H]1C. The lowest BCUT2D eigenvalue weighted by Gasteiger charge is -2.56. The maximum absolute atomic E-state index is 12.8. The molecule has 6 heteroatoms. The van der Waals surface area contributed by atoms with Gasteiger partial charge in [-0.2, -0.15) is 0 Å². The molecule has 3 rings (SSSR count). The topological polar surface area (TPSA) is 91.3 Å². The number of aliphatic hydroxyl groups excluding tert-OH is 1. The molecule has 0 spiro atoms. The van der Waals surface area contributed by atoms with Gasteiger partial charge < -0.3 is 15.7 Å². The summed E-state index contributed by atoms with van der Waals surface area (Å²) < 4.78 is 0. The maximum Gasteiger partial charge on any atom is 0.223 e. The Labute approximate surface area is 173 Å². The van der Waals surface area contributed by atoms with Gasteiger partial charge in [-0.1, -0.05) is 26.8 Å². The Morgan fingerprint density at radius 1 is 1.34 bits per heavy atom. The Morgan fingerprint density at radius 2 is 2.07 bits per heavy atom. The number of pyridine rings is 1. The van der Waals surface area contributed by atoms with Crippen LogP contribution in [0.15, 0.2) is 24.5 Å². The van der Waals surface area contributed by atoms with E-state index in [0.717, 1.165) is 31.2 Å². The average molecular weight is 402 g/mol. The molecule has 2 aliphatic rings. The second-order valence-electron chi connectivity index (χ2n) is 9.45. The van der Waals surface area contributed by atoms with Gasteiger partial charge in [0.05, 0.1) is 6.10 Å². The summed E-state index contributed by atoms with van der Waals surface area (Å²) in [5.74, 6) is -0.111. The number of hydrogen-bond acceptors (Lipinski definition) is 4. The number of carbonyl (C=O) groups is 2. The lowest BCUT2D eigenvalue weighted by atomic mass is 9.51. The zero-order chi connectivity index (χ0) is 21.2. The molecular formula is C23H35N3O3. The minimum absolute atomic E-state index is 0.0181. The van der Waals surface area contributed by atoms with Crippen LogP contribution in [-0.4, -0.2) is 34.1 Å². The zero-order valence-corrected chi connectivity index (χ0v) is 18.0. The van der Waals surface area contributed by atoms with Gasteiger partial charge in [0, 0.05) is 37.8 Å². The quantitative estimate of drug-likeness (QED) is 0.707. The second-order valence-corrected chi connectivity index (χ2v) is 9.45. The lowest BCUT2D eigenvalue weighted by Crippen LogP contribution is -2.58. The molecule has 1 heterocycles. The molecule has 160 valence electrons. The smallest absolute Gasteiger partial charge is 0.223 e. The second kappa shape index (κ2) is 8.82. The van der Waals surface area contributed by atoms with E-state index in [1.807, 2.05) is 19.1 Å². The number of rotatable bonds is 5. The van der Waals surface area contributed by atoms with Crippen LogP contribution in [0.1, 0.15) is 58.9 Å². The van der Waals surface area contributed by atoms with Crippen LogP contribution in [0.2, 0.25) is 0 Å². The molecule has 0 radical (unpaired) electrons. The molecule has 0 aromatic carbocycles. The van der Waals surface area contributed by atoms with Crippen molar-refractivity contribution in [1.29, 1.82) is 0 Å². The van der Waals surface area contributed by atoms with Gasteiger partial charge in [-0.25, -0.2) is 0 Å². The number of amides is 2. The fraction of sp³-hybridized carbons (Fsp3) is 0.696. The molecule has 2 amide bonds. The van der Waals surface area contributed by atoms with Crippen molar-refractivity contribution >= 4 is 11.8 Å². The first-order chi connectivity index (χ1) is 13.7. The Bertz CT molecular complexity index is 725. The highest BCUT2D eigenvalue weighted by molar-refractivity contribution is 5.78. The van der Waals surface area contributed by atoms with Crippen LogP contribution in [0.3, 0.4) is 0 Å². The minimum Gasteiger partial charge on any atom is -0.392 e. The number of nitrogens with zero attached hydrogens (tertiary/aromatic N) is 1. The molecule has 2 fully saturated rings. The van der Waals surface area contributed by atoms with Crippen molar-refractivity contribution < 1.29 is 14.7 Å². The Morgan fingerprint density at radius 3 is 2.72 bits per heavy atom. The fourth-order valence-electron chi connectivity index (χ4n) is 5.81. The third-order valence-corrected chi connectivity index (χ3v) is 7.52. The van der Waals surface area contributed by atoms with Crippen molar-refractivity contribution in [3.63, 3.8) is 0 Å². The summed E-state index contributed by atoms with van der Waals surface area (Å²) in [6.07, 6.45) is 6.73. The predicted octanol–water partition coefficient (Wildman–Crippen LogP) is 2.66. The van der Waals surface area contributed by atoms with E-state index >= 15 is 0 Å². The van der Waals surface area contributed by atoms with Gasteiger partial charge in [0.25, 0.3) is 0 Å². The van der Waals surface area contributed by atoms with E-state index in [1.165, 1.54) is 0 Å². The summed E-state index contributed by atoms with van der Waals surface area (Å²) in [6, 6.07) is 3.88. The molecule has 2 saturated carbocycles. The lowest BCUT2D eigenvalue weighted by molar-refractivity contribution is -0.143. The average Bonchev–Trinajstić information content (AvgIpc) is 2.68. The first-order valence-electron chi connectivity index (χ1n) is 10.8. The highest BCUT2D eigenvalue weighted by Gasteiger charge is 2.53. The monoisotopic (exact) mass is 401 g/mol. The van der Waals surface area contributed by atoms with Crippen LogP contribution in [0, 0.1) is 29.1 Å². The third-order valence-electron chi connectivity index (χ3n) is 7.52. The Kier molecular flexibility index (Phi) is 6.62. The highest BCUT2D eigenvalue weighted by Crippen LogP contribution is 2.55. The molecule has 29 heavy (non-hydrogen) atoms. The molecule has 3 N–H and O–H groups in total. The van der Waals surface area contributed by atoms with Crippen molar-refractivity contribution in [2.75, 3.05) is 0 Å². The Hall–Kier alpha value is -1.95. The molecule has 0 aliphatic heterocycles. The molecule has 1 aromatic heterocycles. The normalized spacial score (nSPS) is 35.3. The molecule has 1 aromatic rings. The number of carbonyl (C=O) groups excluding carboxylic acids is 2. The van der Waals surface area contributed by atoms with Crippen molar-refractivity contribution in [3.05, 3.63) is 30.1 Å². The predicted molar refractivity (Wildman–Crippen MR) is 112 cm³/mol. The van der Waals surface area contributed by atoms with Crippen LogP contribution >= 0.6 is 0 Å². The maximum atomic E-state index is 12.8. The first kappa shape index (κ1) is 21.8. The van der Waals surface area contributed by atoms with Crippen LogP contribution in [0.4, 0.5) is 0 Å². The summed E-state index contributed by atoms with van der Waals surface area (Å²) >= 11 is 0. The van der Waals surface area contributed by atoms with Gasteiger partial charge in [0.1, 0.15) is 0 Å². The summed E-state index contributed by atoms with van der Waals surface area (Å²) in [6.45, 7) is 8.33. The van der Waals surface area contributed by atoms with Crippen molar-refractivity contribution in [1.82, 2.24) is 15.6 Å². The van der Waals surface area contributed by atoms with Gasteiger partial charge in [0.2, 0.25) is 11.8 Å². The van der Waals surface area contributed by atoms with Gasteiger partial charge in [-0.05, 0) is 60.5 Å². The zero-order valence-electron chi connectivity index (χ0n) is 18.0. The number of aromatic nitrogens is 1. The van der Waals surface area contributed by atoms with Crippen molar-refractivity contribution in [2.45, 2.75) is 72.1 Å². The molecule has 0 bridgehead atoms. The molecular weight excluding hydrogens is 366 g/mol. The van der Waals surface area contributed by atoms with Gasteiger partial charge in [-0.15, -0.1) is 0 Å². The molecule has 6 nitrogen and oxygen atoms in total. The molecule has 0 saturated heterocycles. The first-order valence-corrected chi connectivity index (χ1v) is 10.8. The van der Waals surface area contributed by atoms with E-state index in [4.69, 9.17) is 0 Å². The van der Waals surface area contributed by atoms with Crippen LogP contribution in [-0.2, 0) is 16.1 Å². The summed E-state index contributed by atoms with van der Waals surface area (Å²) in [5, 5.41) is 17.4. The van der Waals surface area contributed by atoms with E-state index in [2.05, 4.69) is 29.5 Å². The number of nitrogens with one attached hydrogen (secondary N) is 2. The Balaban J connectivity index is 1.67. The highest BCUT2D eigenvalue weighted by atomic mass is 16.3. The van der Waals surface area contributed by atoms with Crippen LogP contribution < -0.4 is 10.6 Å². The number of fused-ring (bicyclic) bond motifs is 1. The minimum atomic E-state index is -0.542. The summed E-state index contributed by atoms with van der Waals surface area (Å²) in [5.41, 5.74) is 1.03. The summed E-state index contributed by atoms with van der Waals surface area (Å²) in [7, 11) is 0. The van der Waals surface area contributed by atoms with Crippen LogP contribution in [0.5, 0.6) is 0 Å². The van der Waals surface area contributed by atoms with Crippen molar-refractivity contribution in [2.24, 2.45) is 29.1 Å². The van der Waals surface area contributed by atoms with E-state index in [1.54, 1.807) is 19.3 Å².